The number of benzene rings is 4. The molecule has 0 amide bonds. The summed E-state index contributed by atoms with van der Waals surface area (Å²) in [6, 6.07) is 38.3. The Kier molecular flexibility index (Phi) is 4.38. The lowest BCUT2D eigenvalue weighted by atomic mass is 10.0. The number of fused-ring (bicyclic) bond motifs is 1. The number of nitrogens with zero attached hydrogens (tertiary/aromatic N) is 1. The number of aromatic nitrogens is 1. The van der Waals surface area contributed by atoms with Crippen LogP contribution in [0.25, 0.3) is 39.0 Å². The smallest absolute Gasteiger partial charge is 0.119 e. The van der Waals surface area contributed by atoms with Crippen LogP contribution in [0, 0.1) is 0 Å². The standard InChI is InChI=1S/C27H21NO/c1-29-25-15-14-21-18-23(13-12-22(21)19-25)27-17-16-26(20-8-4-2-5-9-20)28(27)24-10-6-3-7-11-24/h2-19H,1H3. The Balaban J connectivity index is 1.71. The minimum atomic E-state index is 0.879. The van der Waals surface area contributed by atoms with E-state index in [0.29, 0.717) is 0 Å². The molecule has 0 aliphatic heterocycles. The van der Waals surface area contributed by atoms with E-state index in [4.69, 9.17) is 4.74 Å². The summed E-state index contributed by atoms with van der Waals surface area (Å²) in [5, 5.41) is 2.37. The summed E-state index contributed by atoms with van der Waals surface area (Å²) in [6.45, 7) is 0. The Labute approximate surface area is 170 Å². The summed E-state index contributed by atoms with van der Waals surface area (Å²) in [6.07, 6.45) is 0. The molecule has 1 aromatic heterocycles. The minimum absolute atomic E-state index is 0.879. The Bertz CT molecular complexity index is 1270. The van der Waals surface area contributed by atoms with Crippen LogP contribution in [-0.2, 0) is 0 Å². The lowest BCUT2D eigenvalue weighted by Crippen LogP contribution is -1.99. The predicted molar refractivity (Wildman–Crippen MR) is 121 cm³/mol. The Hall–Kier alpha value is -3.78. The molecule has 2 nitrogen and oxygen atoms in total. The third-order valence-corrected chi connectivity index (χ3v) is 5.31. The van der Waals surface area contributed by atoms with Crippen LogP contribution in [0.3, 0.4) is 0 Å². The van der Waals surface area contributed by atoms with E-state index in [2.05, 4.69) is 108 Å². The normalized spacial score (nSPS) is 10.9. The predicted octanol–water partition coefficient (Wildman–Crippen LogP) is 6.97. The van der Waals surface area contributed by atoms with Crippen LogP contribution >= 0.6 is 0 Å². The minimum Gasteiger partial charge on any atom is -0.497 e. The van der Waals surface area contributed by atoms with Gasteiger partial charge in [-0.15, -0.1) is 0 Å². The molecule has 0 bridgehead atoms. The number of para-hydroxylation sites is 1. The zero-order valence-corrected chi connectivity index (χ0v) is 16.2. The van der Waals surface area contributed by atoms with Crippen molar-refractivity contribution in [3.05, 3.63) is 109 Å². The van der Waals surface area contributed by atoms with E-state index in [9.17, 15) is 0 Å². The maximum atomic E-state index is 5.36. The van der Waals surface area contributed by atoms with Crippen LogP contribution in [0.5, 0.6) is 5.75 Å². The topological polar surface area (TPSA) is 14.2 Å². The summed E-state index contributed by atoms with van der Waals surface area (Å²) in [4.78, 5) is 0. The maximum Gasteiger partial charge on any atom is 0.119 e. The average Bonchev–Trinajstić information content (AvgIpc) is 3.25. The average molecular weight is 375 g/mol. The molecule has 0 saturated carbocycles. The van der Waals surface area contributed by atoms with E-state index in [1.54, 1.807) is 7.11 Å². The highest BCUT2D eigenvalue weighted by Gasteiger charge is 2.13. The first-order valence-electron chi connectivity index (χ1n) is 9.74. The lowest BCUT2D eigenvalue weighted by molar-refractivity contribution is 0.415. The van der Waals surface area contributed by atoms with Crippen molar-refractivity contribution in [1.29, 1.82) is 0 Å². The Morgan fingerprint density at radius 1 is 0.552 bits per heavy atom. The highest BCUT2D eigenvalue weighted by Crippen LogP contribution is 2.34. The highest BCUT2D eigenvalue weighted by atomic mass is 16.5. The second-order valence-corrected chi connectivity index (χ2v) is 7.07. The summed E-state index contributed by atoms with van der Waals surface area (Å²) < 4.78 is 7.70. The molecular formula is C27H21NO. The van der Waals surface area contributed by atoms with Gasteiger partial charge in [-0.25, -0.2) is 0 Å². The van der Waals surface area contributed by atoms with Crippen LogP contribution in [0.4, 0.5) is 0 Å². The van der Waals surface area contributed by atoms with Crippen molar-refractivity contribution in [2.24, 2.45) is 0 Å². The molecule has 5 rings (SSSR count). The lowest BCUT2D eigenvalue weighted by Gasteiger charge is -2.15. The maximum absolute atomic E-state index is 5.36. The summed E-state index contributed by atoms with van der Waals surface area (Å²) >= 11 is 0. The van der Waals surface area contributed by atoms with Crippen molar-refractivity contribution in [3.8, 4) is 34.0 Å². The summed E-state index contributed by atoms with van der Waals surface area (Å²) in [5.41, 5.74) is 5.90. The molecule has 5 aromatic rings. The van der Waals surface area contributed by atoms with Gasteiger partial charge in [-0.3, -0.25) is 0 Å². The number of ether oxygens (including phenoxy) is 1. The fourth-order valence-corrected chi connectivity index (χ4v) is 3.86. The van der Waals surface area contributed by atoms with Gasteiger partial charge < -0.3 is 9.30 Å². The third kappa shape index (κ3) is 3.19. The first-order valence-corrected chi connectivity index (χ1v) is 9.74. The van der Waals surface area contributed by atoms with Gasteiger partial charge in [-0.05, 0) is 64.4 Å². The second-order valence-electron chi connectivity index (χ2n) is 7.07. The molecule has 0 fully saturated rings. The van der Waals surface area contributed by atoms with Gasteiger partial charge in [0.15, 0.2) is 0 Å². The van der Waals surface area contributed by atoms with Crippen molar-refractivity contribution in [1.82, 2.24) is 4.57 Å². The van der Waals surface area contributed by atoms with Crippen LogP contribution in [-0.4, -0.2) is 11.7 Å². The first-order chi connectivity index (χ1) is 14.3. The van der Waals surface area contributed by atoms with Crippen molar-refractivity contribution < 1.29 is 4.74 Å². The van der Waals surface area contributed by atoms with E-state index in [1.807, 2.05) is 6.07 Å². The molecule has 0 saturated heterocycles. The van der Waals surface area contributed by atoms with Crippen LogP contribution in [0.15, 0.2) is 109 Å². The van der Waals surface area contributed by atoms with E-state index >= 15 is 0 Å². The first kappa shape index (κ1) is 17.3. The van der Waals surface area contributed by atoms with Gasteiger partial charge in [0, 0.05) is 5.69 Å². The second kappa shape index (κ2) is 7.33. The van der Waals surface area contributed by atoms with E-state index < -0.39 is 0 Å². The van der Waals surface area contributed by atoms with E-state index in [0.717, 1.165) is 11.4 Å². The fourth-order valence-electron chi connectivity index (χ4n) is 3.86. The summed E-state index contributed by atoms with van der Waals surface area (Å²) in [5.74, 6) is 0.879. The molecule has 0 unspecified atom stereocenters. The van der Waals surface area contributed by atoms with Gasteiger partial charge in [0.1, 0.15) is 5.75 Å². The van der Waals surface area contributed by atoms with E-state index in [-0.39, 0.29) is 0 Å². The molecule has 4 aromatic carbocycles. The van der Waals surface area contributed by atoms with Gasteiger partial charge in [-0.2, -0.15) is 0 Å². The number of hydrogen-bond donors (Lipinski definition) is 0. The number of hydrogen-bond acceptors (Lipinski definition) is 1. The van der Waals surface area contributed by atoms with Gasteiger partial charge >= 0.3 is 0 Å². The molecular weight excluding hydrogens is 354 g/mol. The quantitative estimate of drug-likeness (QED) is 0.331. The molecule has 140 valence electrons. The molecule has 0 spiro atoms. The zero-order chi connectivity index (χ0) is 19.6. The third-order valence-electron chi connectivity index (χ3n) is 5.31. The number of rotatable bonds is 4. The molecule has 2 heteroatoms. The molecule has 1 heterocycles. The number of methoxy groups -OCH3 is 1. The van der Waals surface area contributed by atoms with Gasteiger partial charge in [0.05, 0.1) is 18.5 Å². The Morgan fingerprint density at radius 2 is 1.17 bits per heavy atom. The van der Waals surface area contributed by atoms with Crippen molar-refractivity contribution in [3.63, 3.8) is 0 Å². The van der Waals surface area contributed by atoms with Crippen LogP contribution in [0.2, 0.25) is 0 Å². The SMILES string of the molecule is COc1ccc2cc(-c3ccc(-c4ccccc4)n3-c3ccccc3)ccc2c1. The van der Waals surface area contributed by atoms with Gasteiger partial charge in [0.2, 0.25) is 0 Å². The molecule has 0 N–H and O–H groups in total. The van der Waals surface area contributed by atoms with Crippen LogP contribution in [0.1, 0.15) is 0 Å². The monoisotopic (exact) mass is 375 g/mol. The molecule has 0 atom stereocenters. The largest absolute Gasteiger partial charge is 0.497 e. The molecule has 0 aliphatic rings. The van der Waals surface area contributed by atoms with Gasteiger partial charge in [-0.1, -0.05) is 66.7 Å². The molecule has 29 heavy (non-hydrogen) atoms. The highest BCUT2D eigenvalue weighted by molar-refractivity contribution is 5.88. The van der Waals surface area contributed by atoms with Crippen molar-refractivity contribution in [2.75, 3.05) is 7.11 Å². The fraction of sp³-hybridized carbons (Fsp3) is 0.0370. The van der Waals surface area contributed by atoms with Crippen LogP contribution < -0.4 is 4.74 Å². The van der Waals surface area contributed by atoms with Crippen molar-refractivity contribution in [2.45, 2.75) is 0 Å². The molecule has 0 radical (unpaired) electrons. The van der Waals surface area contributed by atoms with E-state index in [1.165, 1.54) is 33.3 Å². The zero-order valence-electron chi connectivity index (χ0n) is 16.2. The van der Waals surface area contributed by atoms with Gasteiger partial charge in [0.25, 0.3) is 0 Å². The Morgan fingerprint density at radius 3 is 1.90 bits per heavy atom. The summed E-state index contributed by atoms with van der Waals surface area (Å²) in [7, 11) is 1.70. The van der Waals surface area contributed by atoms with Crippen molar-refractivity contribution >= 4 is 10.8 Å². The molecule has 0 aliphatic carbocycles.